The number of non-ortho nitro benzene ring substituents is 1. The van der Waals surface area contributed by atoms with Crippen LogP contribution in [0.2, 0.25) is 0 Å². The summed E-state index contributed by atoms with van der Waals surface area (Å²) in [5, 5.41) is 22.6. The molecule has 1 heterocycles. The summed E-state index contributed by atoms with van der Waals surface area (Å²) in [5.41, 5.74) is 1.88. The topological polar surface area (TPSA) is 141 Å². The van der Waals surface area contributed by atoms with Crippen LogP contribution in [-0.4, -0.2) is 33.5 Å². The van der Waals surface area contributed by atoms with Gasteiger partial charge in [0.05, 0.1) is 29.2 Å². The van der Waals surface area contributed by atoms with Crippen molar-refractivity contribution in [2.45, 2.75) is 12.8 Å². The number of amides is 1. The van der Waals surface area contributed by atoms with E-state index in [-0.39, 0.29) is 29.3 Å². The summed E-state index contributed by atoms with van der Waals surface area (Å²) in [5.74, 6) is 0.0653. The molecule has 0 saturated heterocycles. The number of para-hydroxylation sites is 1. The van der Waals surface area contributed by atoms with Crippen LogP contribution in [0.4, 0.5) is 11.4 Å². The van der Waals surface area contributed by atoms with Crippen LogP contribution in [0.1, 0.15) is 21.5 Å². The first kappa shape index (κ1) is 25.8. The zero-order chi connectivity index (χ0) is 26.9. The van der Waals surface area contributed by atoms with Gasteiger partial charge in [-0.2, -0.15) is 0 Å². The van der Waals surface area contributed by atoms with Crippen LogP contribution in [0.5, 0.6) is 17.4 Å². The Kier molecular flexibility index (Phi) is 8.25. The molecule has 0 fully saturated rings. The number of hydrogen-bond donors (Lipinski definition) is 2. The van der Waals surface area contributed by atoms with Gasteiger partial charge >= 0.3 is 5.97 Å². The van der Waals surface area contributed by atoms with E-state index in [1.54, 1.807) is 60.7 Å². The highest BCUT2D eigenvalue weighted by molar-refractivity contribution is 6.00. The monoisotopic (exact) mass is 513 g/mol. The van der Waals surface area contributed by atoms with Crippen LogP contribution >= 0.6 is 0 Å². The van der Waals surface area contributed by atoms with Crippen LogP contribution in [-0.2, 0) is 17.6 Å². The average Bonchev–Trinajstić information content (AvgIpc) is 2.91. The number of aromatic carboxylic acids is 1. The molecule has 0 aliphatic carbocycles. The lowest BCUT2D eigenvalue weighted by atomic mass is 10.1. The Bertz CT molecular complexity index is 1420. The smallest absolute Gasteiger partial charge is 0.337 e. The zero-order valence-corrected chi connectivity index (χ0v) is 20.1. The van der Waals surface area contributed by atoms with Crippen molar-refractivity contribution >= 4 is 23.3 Å². The van der Waals surface area contributed by atoms with Gasteiger partial charge in [-0.15, -0.1) is 0 Å². The van der Waals surface area contributed by atoms with Crippen LogP contribution < -0.4 is 14.8 Å². The van der Waals surface area contributed by atoms with E-state index in [4.69, 9.17) is 9.47 Å². The number of hydrogen-bond acceptors (Lipinski definition) is 7. The Balaban J connectivity index is 1.24. The second-order valence-electron chi connectivity index (χ2n) is 8.18. The first-order valence-corrected chi connectivity index (χ1v) is 11.6. The Morgan fingerprint density at radius 1 is 0.895 bits per heavy atom. The predicted molar refractivity (Wildman–Crippen MR) is 139 cm³/mol. The molecule has 0 bridgehead atoms. The van der Waals surface area contributed by atoms with Crippen molar-refractivity contribution in [3.63, 3.8) is 0 Å². The number of nitrogens with one attached hydrogen (secondary N) is 1. The van der Waals surface area contributed by atoms with E-state index in [2.05, 4.69) is 10.3 Å². The van der Waals surface area contributed by atoms with Gasteiger partial charge in [-0.1, -0.05) is 30.3 Å². The van der Waals surface area contributed by atoms with E-state index in [0.717, 1.165) is 5.56 Å². The average molecular weight is 514 g/mol. The molecule has 1 aromatic heterocycles. The highest BCUT2D eigenvalue weighted by atomic mass is 16.6. The maximum absolute atomic E-state index is 12.4. The molecule has 1 amide bonds. The van der Waals surface area contributed by atoms with E-state index in [9.17, 15) is 24.8 Å². The molecule has 0 unspecified atom stereocenters. The number of nitrogens with zero attached hydrogens (tertiary/aromatic N) is 2. The number of aromatic nitrogens is 1. The van der Waals surface area contributed by atoms with Gasteiger partial charge in [-0.05, 0) is 47.5 Å². The first-order chi connectivity index (χ1) is 18.4. The number of nitro groups is 1. The molecule has 0 aliphatic rings. The summed E-state index contributed by atoms with van der Waals surface area (Å²) < 4.78 is 11.5. The molecule has 0 radical (unpaired) electrons. The Labute approximate surface area is 217 Å². The molecule has 10 nitrogen and oxygen atoms in total. The summed E-state index contributed by atoms with van der Waals surface area (Å²) >= 11 is 0. The number of ether oxygens (including phenoxy) is 2. The van der Waals surface area contributed by atoms with Crippen molar-refractivity contribution in [3.8, 4) is 17.4 Å². The van der Waals surface area contributed by atoms with Gasteiger partial charge < -0.3 is 19.9 Å². The minimum absolute atomic E-state index is 0.0173. The zero-order valence-electron chi connectivity index (χ0n) is 20.1. The van der Waals surface area contributed by atoms with Crippen molar-refractivity contribution in [3.05, 3.63) is 118 Å². The minimum atomic E-state index is -1.12. The van der Waals surface area contributed by atoms with Crippen LogP contribution in [0.3, 0.4) is 0 Å². The molecule has 2 N–H and O–H groups in total. The Hall–Kier alpha value is -5.25. The molecular formula is C28H23N3O7. The number of nitro benzene ring substituents is 1. The molecule has 0 saturated carbocycles. The maximum atomic E-state index is 12.4. The van der Waals surface area contributed by atoms with Gasteiger partial charge in [0.2, 0.25) is 11.8 Å². The Morgan fingerprint density at radius 3 is 2.24 bits per heavy atom. The summed E-state index contributed by atoms with van der Waals surface area (Å²) in [6, 6.07) is 22.9. The SMILES string of the molecule is O=C(Cc1ccc(Oc2ccc(OCCc3ccc([N+](=O)[O-])cc3)cc2)nc1)Nc1ccccc1C(=O)O. The second kappa shape index (κ2) is 12.1. The van der Waals surface area contributed by atoms with Gasteiger partial charge in [0.1, 0.15) is 11.5 Å². The first-order valence-electron chi connectivity index (χ1n) is 11.6. The number of carboxylic acids is 1. The van der Waals surface area contributed by atoms with Gasteiger partial charge in [-0.3, -0.25) is 14.9 Å². The summed E-state index contributed by atoms with van der Waals surface area (Å²) in [6.07, 6.45) is 2.15. The fraction of sp³-hybridized carbons (Fsp3) is 0.107. The van der Waals surface area contributed by atoms with Gasteiger partial charge in [0.25, 0.3) is 5.69 Å². The second-order valence-corrected chi connectivity index (χ2v) is 8.18. The molecule has 38 heavy (non-hydrogen) atoms. The standard InChI is InChI=1S/C28H23N3O7/c32-26(30-25-4-2-1-3-24(25)28(33)34)17-20-7-14-27(29-18-20)38-23-12-10-22(11-13-23)37-16-15-19-5-8-21(9-6-19)31(35)36/h1-14,18H,15-17H2,(H,30,32)(H,33,34). The van der Waals surface area contributed by atoms with E-state index < -0.39 is 10.9 Å². The third-order valence-electron chi connectivity index (χ3n) is 5.45. The number of carbonyl (C=O) groups is 2. The maximum Gasteiger partial charge on any atom is 0.337 e. The predicted octanol–water partition coefficient (Wildman–Crippen LogP) is 5.28. The van der Waals surface area contributed by atoms with Crippen molar-refractivity contribution in [2.24, 2.45) is 0 Å². The van der Waals surface area contributed by atoms with Crippen molar-refractivity contribution < 1.29 is 29.1 Å². The third-order valence-corrected chi connectivity index (χ3v) is 5.45. The highest BCUT2D eigenvalue weighted by Gasteiger charge is 2.12. The molecular weight excluding hydrogens is 490 g/mol. The van der Waals surface area contributed by atoms with Gasteiger partial charge in [0.15, 0.2) is 0 Å². The fourth-order valence-electron chi connectivity index (χ4n) is 3.53. The number of anilines is 1. The Morgan fingerprint density at radius 2 is 1.58 bits per heavy atom. The highest BCUT2D eigenvalue weighted by Crippen LogP contribution is 2.23. The number of rotatable bonds is 11. The molecule has 0 atom stereocenters. The molecule has 3 aromatic carbocycles. The normalized spacial score (nSPS) is 10.4. The van der Waals surface area contributed by atoms with E-state index >= 15 is 0 Å². The molecule has 0 spiro atoms. The van der Waals surface area contributed by atoms with E-state index in [0.29, 0.717) is 36.0 Å². The third kappa shape index (κ3) is 7.14. The van der Waals surface area contributed by atoms with E-state index in [1.165, 1.54) is 30.5 Å². The molecule has 4 rings (SSSR count). The van der Waals surface area contributed by atoms with E-state index in [1.807, 2.05) is 0 Å². The lowest BCUT2D eigenvalue weighted by Gasteiger charge is -2.09. The lowest BCUT2D eigenvalue weighted by Crippen LogP contribution is -2.16. The molecule has 192 valence electrons. The van der Waals surface area contributed by atoms with Crippen molar-refractivity contribution in [2.75, 3.05) is 11.9 Å². The number of carboxylic acid groups (broad SMARTS) is 1. The number of pyridine rings is 1. The lowest BCUT2D eigenvalue weighted by molar-refractivity contribution is -0.384. The minimum Gasteiger partial charge on any atom is -0.493 e. The molecule has 4 aromatic rings. The molecule has 0 aliphatic heterocycles. The summed E-state index contributed by atoms with van der Waals surface area (Å²) in [4.78, 5) is 38.2. The summed E-state index contributed by atoms with van der Waals surface area (Å²) in [7, 11) is 0. The number of carbonyl (C=O) groups excluding carboxylic acids is 1. The number of benzene rings is 3. The van der Waals surface area contributed by atoms with Crippen LogP contribution in [0, 0.1) is 10.1 Å². The van der Waals surface area contributed by atoms with Gasteiger partial charge in [0, 0.05) is 30.8 Å². The fourth-order valence-corrected chi connectivity index (χ4v) is 3.53. The van der Waals surface area contributed by atoms with Gasteiger partial charge in [-0.25, -0.2) is 9.78 Å². The summed E-state index contributed by atoms with van der Waals surface area (Å²) in [6.45, 7) is 0.413. The van der Waals surface area contributed by atoms with Crippen molar-refractivity contribution in [1.29, 1.82) is 0 Å². The van der Waals surface area contributed by atoms with Crippen molar-refractivity contribution in [1.82, 2.24) is 4.98 Å². The van der Waals surface area contributed by atoms with Crippen LogP contribution in [0.25, 0.3) is 0 Å². The largest absolute Gasteiger partial charge is 0.493 e. The van der Waals surface area contributed by atoms with Crippen LogP contribution in [0.15, 0.2) is 91.1 Å². The molecule has 10 heteroatoms. The quantitative estimate of drug-likeness (QED) is 0.204.